The van der Waals surface area contributed by atoms with Gasteiger partial charge in [-0.05, 0) is 55.0 Å². The van der Waals surface area contributed by atoms with E-state index in [1.807, 2.05) is 37.3 Å². The predicted molar refractivity (Wildman–Crippen MR) is 119 cm³/mol. The summed E-state index contributed by atoms with van der Waals surface area (Å²) < 4.78 is 7.91. The van der Waals surface area contributed by atoms with Gasteiger partial charge in [-0.25, -0.2) is 4.98 Å². The van der Waals surface area contributed by atoms with Gasteiger partial charge in [0.1, 0.15) is 12.4 Å². The molecule has 6 nitrogen and oxygen atoms in total. The van der Waals surface area contributed by atoms with Gasteiger partial charge in [0.25, 0.3) is 11.5 Å². The Hall–Kier alpha value is -3.45. The second-order valence-corrected chi connectivity index (χ2v) is 7.60. The van der Waals surface area contributed by atoms with E-state index in [1.165, 1.54) is 0 Å². The highest BCUT2D eigenvalue weighted by Gasteiger charge is 2.15. The molecule has 0 unspecified atom stereocenters. The highest BCUT2D eigenvalue weighted by atomic mass is 79.9. The van der Waals surface area contributed by atoms with Crippen molar-refractivity contribution in [3.8, 4) is 5.75 Å². The molecule has 1 N–H and O–H groups in total. The number of fused-ring (bicyclic) bond motifs is 1. The first kappa shape index (κ1) is 19.8. The third-order valence-electron chi connectivity index (χ3n) is 4.62. The van der Waals surface area contributed by atoms with E-state index in [0.717, 1.165) is 14.7 Å². The molecule has 4 aromatic rings. The zero-order valence-corrected chi connectivity index (χ0v) is 17.7. The van der Waals surface area contributed by atoms with E-state index in [9.17, 15) is 9.59 Å². The molecule has 0 aliphatic carbocycles. The topological polar surface area (TPSA) is 73.2 Å². The Morgan fingerprint density at radius 3 is 2.50 bits per heavy atom. The van der Waals surface area contributed by atoms with E-state index in [1.54, 1.807) is 42.5 Å². The Morgan fingerprint density at radius 1 is 1.03 bits per heavy atom. The van der Waals surface area contributed by atoms with Crippen molar-refractivity contribution in [3.05, 3.63) is 105 Å². The molecule has 7 heteroatoms. The van der Waals surface area contributed by atoms with Crippen LogP contribution in [0.4, 0.5) is 0 Å². The molecule has 0 saturated heterocycles. The van der Waals surface area contributed by atoms with Crippen molar-refractivity contribution < 1.29 is 9.53 Å². The number of nitrogens with zero attached hydrogens (tertiary/aromatic N) is 2. The molecule has 0 aliphatic rings. The summed E-state index contributed by atoms with van der Waals surface area (Å²) in [5.74, 6) is 0.567. The minimum atomic E-state index is -0.418. The molecule has 0 fully saturated rings. The molecular formula is C23H18BrN3O3. The molecule has 0 radical (unpaired) electrons. The minimum absolute atomic E-state index is 0.0194. The molecule has 1 heterocycles. The molecule has 0 saturated carbocycles. The maximum atomic E-state index is 13.1. The summed E-state index contributed by atoms with van der Waals surface area (Å²) >= 11 is 3.35. The number of amides is 1. The summed E-state index contributed by atoms with van der Waals surface area (Å²) in [6.45, 7) is 1.96. The standard InChI is InChI=1S/C23H18BrN3O3/c1-15-6-2-5-9-20(15)30-14-21-25-19-8-4-3-7-18(19)23(29)27(21)26-22(28)16-10-12-17(24)13-11-16/h2-13H,14H2,1H3,(H,26,28). The van der Waals surface area contributed by atoms with E-state index in [-0.39, 0.29) is 12.2 Å². The van der Waals surface area contributed by atoms with Gasteiger partial charge in [0.15, 0.2) is 5.82 Å². The number of aromatic nitrogens is 2. The number of benzene rings is 3. The van der Waals surface area contributed by atoms with Crippen LogP contribution in [-0.4, -0.2) is 15.6 Å². The average Bonchev–Trinajstić information content (AvgIpc) is 2.76. The normalized spacial score (nSPS) is 10.7. The molecule has 4 rings (SSSR count). The third kappa shape index (κ3) is 4.11. The van der Waals surface area contributed by atoms with Crippen molar-refractivity contribution in [2.75, 3.05) is 5.43 Å². The van der Waals surface area contributed by atoms with Gasteiger partial charge in [0.2, 0.25) is 0 Å². The Kier molecular flexibility index (Phi) is 5.63. The summed E-state index contributed by atoms with van der Waals surface area (Å²) in [7, 11) is 0. The van der Waals surface area contributed by atoms with Crippen LogP contribution in [-0.2, 0) is 6.61 Å². The third-order valence-corrected chi connectivity index (χ3v) is 5.14. The van der Waals surface area contributed by atoms with Gasteiger partial charge >= 0.3 is 0 Å². The molecule has 1 aromatic heterocycles. The number of nitrogens with one attached hydrogen (secondary N) is 1. The van der Waals surface area contributed by atoms with Crippen LogP contribution in [0, 0.1) is 6.92 Å². The van der Waals surface area contributed by atoms with Crippen LogP contribution in [0.5, 0.6) is 5.75 Å². The number of halogens is 1. The van der Waals surface area contributed by atoms with Crippen molar-refractivity contribution in [1.29, 1.82) is 0 Å². The lowest BCUT2D eigenvalue weighted by Gasteiger charge is -2.16. The fraction of sp³-hybridized carbons (Fsp3) is 0.0870. The van der Waals surface area contributed by atoms with Crippen LogP contribution in [0.1, 0.15) is 21.7 Å². The van der Waals surface area contributed by atoms with Crippen molar-refractivity contribution in [2.45, 2.75) is 13.5 Å². The van der Waals surface area contributed by atoms with Gasteiger partial charge in [-0.1, -0.05) is 46.3 Å². The number of hydrogen-bond acceptors (Lipinski definition) is 4. The quantitative estimate of drug-likeness (QED) is 0.475. The highest BCUT2D eigenvalue weighted by molar-refractivity contribution is 9.10. The molecule has 3 aromatic carbocycles. The first-order chi connectivity index (χ1) is 14.5. The van der Waals surface area contributed by atoms with Crippen LogP contribution >= 0.6 is 15.9 Å². The van der Waals surface area contributed by atoms with Gasteiger partial charge in [-0.2, -0.15) is 4.68 Å². The lowest BCUT2D eigenvalue weighted by atomic mass is 10.2. The molecule has 0 spiro atoms. The van der Waals surface area contributed by atoms with E-state index < -0.39 is 5.91 Å². The second kappa shape index (κ2) is 8.51. The number of carbonyl (C=O) groups is 1. The smallest absolute Gasteiger partial charge is 0.280 e. The van der Waals surface area contributed by atoms with Crippen LogP contribution in [0.15, 0.2) is 82.1 Å². The average molecular weight is 464 g/mol. The zero-order valence-electron chi connectivity index (χ0n) is 16.1. The lowest BCUT2D eigenvalue weighted by molar-refractivity contribution is 0.100. The lowest BCUT2D eigenvalue weighted by Crippen LogP contribution is -2.37. The van der Waals surface area contributed by atoms with Crippen LogP contribution in [0.25, 0.3) is 10.9 Å². The van der Waals surface area contributed by atoms with Crippen molar-refractivity contribution in [2.24, 2.45) is 0 Å². The van der Waals surface area contributed by atoms with Crippen LogP contribution in [0.3, 0.4) is 0 Å². The van der Waals surface area contributed by atoms with Crippen molar-refractivity contribution in [3.63, 3.8) is 0 Å². The van der Waals surface area contributed by atoms with Crippen molar-refractivity contribution >= 4 is 32.7 Å². The fourth-order valence-corrected chi connectivity index (χ4v) is 3.28. The number of hydrogen-bond donors (Lipinski definition) is 1. The summed E-state index contributed by atoms with van der Waals surface area (Å²) in [6, 6.07) is 21.4. The SMILES string of the molecule is Cc1ccccc1OCc1nc2ccccc2c(=O)n1NC(=O)c1ccc(Br)cc1. The van der Waals surface area contributed by atoms with Crippen molar-refractivity contribution in [1.82, 2.24) is 9.66 Å². The first-order valence-electron chi connectivity index (χ1n) is 9.29. The largest absolute Gasteiger partial charge is 0.485 e. The Labute approximate surface area is 181 Å². The fourth-order valence-electron chi connectivity index (χ4n) is 3.02. The van der Waals surface area contributed by atoms with Gasteiger partial charge in [0, 0.05) is 10.0 Å². The second-order valence-electron chi connectivity index (χ2n) is 6.69. The Morgan fingerprint density at radius 2 is 1.73 bits per heavy atom. The molecule has 0 atom stereocenters. The van der Waals surface area contributed by atoms with E-state index in [4.69, 9.17) is 4.74 Å². The summed E-state index contributed by atoms with van der Waals surface area (Å²) in [5, 5.41) is 0.410. The highest BCUT2D eigenvalue weighted by Crippen LogP contribution is 2.18. The molecule has 0 bridgehead atoms. The van der Waals surface area contributed by atoms with E-state index in [0.29, 0.717) is 28.0 Å². The summed E-state index contributed by atoms with van der Waals surface area (Å²) in [5.41, 5.74) is 4.22. The zero-order chi connectivity index (χ0) is 21.1. The summed E-state index contributed by atoms with van der Waals surface area (Å²) in [6.07, 6.45) is 0. The molecular weight excluding hydrogens is 446 g/mol. The van der Waals surface area contributed by atoms with Gasteiger partial charge < -0.3 is 4.74 Å². The summed E-state index contributed by atoms with van der Waals surface area (Å²) in [4.78, 5) is 30.4. The van der Waals surface area contributed by atoms with Crippen LogP contribution < -0.4 is 15.7 Å². The number of carbonyl (C=O) groups excluding carboxylic acids is 1. The molecule has 30 heavy (non-hydrogen) atoms. The predicted octanol–water partition coefficient (Wildman–Crippen LogP) is 4.43. The minimum Gasteiger partial charge on any atom is -0.485 e. The maximum Gasteiger partial charge on any atom is 0.280 e. The van der Waals surface area contributed by atoms with Crippen LogP contribution in [0.2, 0.25) is 0 Å². The monoisotopic (exact) mass is 463 g/mol. The van der Waals surface area contributed by atoms with Gasteiger partial charge in [0.05, 0.1) is 10.9 Å². The Balaban J connectivity index is 1.72. The number of rotatable bonds is 5. The first-order valence-corrected chi connectivity index (χ1v) is 10.1. The Bertz CT molecular complexity index is 1280. The maximum absolute atomic E-state index is 13.1. The number of para-hydroxylation sites is 2. The van der Waals surface area contributed by atoms with Gasteiger partial charge in [-0.3, -0.25) is 15.0 Å². The molecule has 0 aliphatic heterocycles. The molecule has 150 valence electrons. The molecule has 1 amide bonds. The number of ether oxygens (including phenoxy) is 1. The van der Waals surface area contributed by atoms with E-state index >= 15 is 0 Å². The van der Waals surface area contributed by atoms with Gasteiger partial charge in [-0.15, -0.1) is 0 Å². The number of aryl methyl sites for hydroxylation is 1. The van der Waals surface area contributed by atoms with E-state index in [2.05, 4.69) is 26.3 Å².